The second-order valence-electron chi connectivity index (χ2n) is 6.00. The summed E-state index contributed by atoms with van der Waals surface area (Å²) in [5, 5.41) is 15.1. The van der Waals surface area contributed by atoms with Gasteiger partial charge in [0.15, 0.2) is 5.16 Å². The predicted molar refractivity (Wildman–Crippen MR) is 103 cm³/mol. The summed E-state index contributed by atoms with van der Waals surface area (Å²) in [6.45, 7) is 5.18. The number of carbonyl (C=O) groups is 1. The van der Waals surface area contributed by atoms with Crippen LogP contribution in [0.5, 0.6) is 0 Å². The van der Waals surface area contributed by atoms with Crippen LogP contribution in [0, 0.1) is 17.2 Å². The summed E-state index contributed by atoms with van der Waals surface area (Å²) in [5.41, 5.74) is 2.52. The number of thiophene rings is 1. The van der Waals surface area contributed by atoms with Crippen LogP contribution in [0.4, 0.5) is 5.00 Å². The lowest BCUT2D eigenvalue weighted by atomic mass is 10.2. The fraction of sp³-hybridized carbons (Fsp3) is 0.278. The van der Waals surface area contributed by atoms with Crippen molar-refractivity contribution in [1.82, 2.24) is 9.55 Å². The molecule has 0 atom stereocenters. The number of imidazole rings is 1. The van der Waals surface area contributed by atoms with E-state index in [1.165, 1.54) is 23.1 Å². The monoisotopic (exact) mass is 370 g/mol. The highest BCUT2D eigenvalue weighted by molar-refractivity contribution is 7.99. The largest absolute Gasteiger partial charge is 0.319 e. The van der Waals surface area contributed by atoms with Crippen molar-refractivity contribution in [3.8, 4) is 6.07 Å². The number of amides is 1. The SMILES string of the molecule is CC(C)Cn1c(SCC(=O)Nc2sccc2C#N)nc2ccccc21. The van der Waals surface area contributed by atoms with Gasteiger partial charge in [-0.1, -0.05) is 37.7 Å². The quantitative estimate of drug-likeness (QED) is 0.655. The van der Waals surface area contributed by atoms with Gasteiger partial charge in [-0.2, -0.15) is 5.26 Å². The zero-order chi connectivity index (χ0) is 17.8. The van der Waals surface area contributed by atoms with Gasteiger partial charge in [0.2, 0.25) is 5.91 Å². The molecule has 0 fully saturated rings. The number of aromatic nitrogens is 2. The van der Waals surface area contributed by atoms with Crippen LogP contribution in [0.1, 0.15) is 19.4 Å². The van der Waals surface area contributed by atoms with Crippen molar-refractivity contribution in [2.45, 2.75) is 25.5 Å². The molecule has 1 amide bonds. The molecule has 0 radical (unpaired) electrons. The summed E-state index contributed by atoms with van der Waals surface area (Å²) in [7, 11) is 0. The highest BCUT2D eigenvalue weighted by Gasteiger charge is 2.15. The van der Waals surface area contributed by atoms with Crippen LogP contribution in [0.3, 0.4) is 0 Å². The smallest absolute Gasteiger partial charge is 0.235 e. The van der Waals surface area contributed by atoms with Crippen LogP contribution in [0.15, 0.2) is 40.9 Å². The Balaban J connectivity index is 1.74. The van der Waals surface area contributed by atoms with Crippen LogP contribution in [0.2, 0.25) is 0 Å². The normalized spacial score (nSPS) is 11.0. The molecule has 0 unspecified atom stereocenters. The molecule has 2 heterocycles. The third-order valence-corrected chi connectivity index (χ3v) is 5.34. The Morgan fingerprint density at radius 3 is 2.96 bits per heavy atom. The Kier molecular flexibility index (Phi) is 5.41. The van der Waals surface area contributed by atoms with Gasteiger partial charge in [-0.3, -0.25) is 4.79 Å². The third-order valence-electron chi connectivity index (χ3n) is 3.54. The van der Waals surface area contributed by atoms with E-state index in [-0.39, 0.29) is 11.7 Å². The minimum atomic E-state index is -0.132. The van der Waals surface area contributed by atoms with Gasteiger partial charge in [0.05, 0.1) is 22.3 Å². The number of rotatable bonds is 6. The van der Waals surface area contributed by atoms with Crippen molar-refractivity contribution in [3.05, 3.63) is 41.3 Å². The summed E-state index contributed by atoms with van der Waals surface area (Å²) in [4.78, 5) is 16.9. The first kappa shape index (κ1) is 17.5. The highest BCUT2D eigenvalue weighted by Crippen LogP contribution is 2.26. The summed E-state index contributed by atoms with van der Waals surface area (Å²) >= 11 is 2.77. The molecule has 0 aliphatic carbocycles. The lowest BCUT2D eigenvalue weighted by molar-refractivity contribution is -0.113. The summed E-state index contributed by atoms with van der Waals surface area (Å²) in [5.74, 6) is 0.603. The van der Waals surface area contributed by atoms with Gasteiger partial charge in [-0.05, 0) is 29.5 Å². The highest BCUT2D eigenvalue weighted by atomic mass is 32.2. The van der Waals surface area contributed by atoms with E-state index in [1.54, 1.807) is 11.4 Å². The minimum absolute atomic E-state index is 0.132. The van der Waals surface area contributed by atoms with Crippen molar-refractivity contribution < 1.29 is 4.79 Å². The first-order chi connectivity index (χ1) is 12.1. The van der Waals surface area contributed by atoms with Crippen LogP contribution in [0.25, 0.3) is 11.0 Å². The number of hydrogen-bond acceptors (Lipinski definition) is 5. The third kappa shape index (κ3) is 4.03. The molecule has 1 aromatic carbocycles. The molecule has 7 heteroatoms. The standard InChI is InChI=1S/C18H18N4OS2/c1-12(2)10-22-15-6-4-3-5-14(15)20-18(22)25-11-16(23)21-17-13(9-19)7-8-24-17/h3-8,12H,10-11H2,1-2H3,(H,21,23). The predicted octanol–water partition coefficient (Wildman–Crippen LogP) is 4.36. The van der Waals surface area contributed by atoms with E-state index in [0.717, 1.165) is 22.7 Å². The van der Waals surface area contributed by atoms with E-state index < -0.39 is 0 Å². The fourth-order valence-corrected chi connectivity index (χ4v) is 4.07. The van der Waals surface area contributed by atoms with Crippen LogP contribution < -0.4 is 5.32 Å². The van der Waals surface area contributed by atoms with Crippen molar-refractivity contribution >= 4 is 45.0 Å². The molecule has 25 heavy (non-hydrogen) atoms. The molecular weight excluding hydrogens is 352 g/mol. The van der Waals surface area contributed by atoms with Gasteiger partial charge in [0.25, 0.3) is 0 Å². The lowest BCUT2D eigenvalue weighted by Crippen LogP contribution is -2.14. The molecule has 0 spiro atoms. The van der Waals surface area contributed by atoms with E-state index in [1.807, 2.05) is 18.2 Å². The van der Waals surface area contributed by atoms with Crippen LogP contribution in [-0.2, 0) is 11.3 Å². The molecule has 0 saturated carbocycles. The van der Waals surface area contributed by atoms with Crippen LogP contribution in [-0.4, -0.2) is 21.2 Å². The maximum atomic E-state index is 12.2. The molecule has 128 valence electrons. The molecule has 2 aromatic heterocycles. The zero-order valence-electron chi connectivity index (χ0n) is 14.0. The molecule has 0 bridgehead atoms. The first-order valence-corrected chi connectivity index (χ1v) is 9.80. The Morgan fingerprint density at radius 2 is 2.20 bits per heavy atom. The number of benzene rings is 1. The number of nitriles is 1. The molecule has 3 aromatic rings. The number of nitrogens with zero attached hydrogens (tertiary/aromatic N) is 3. The minimum Gasteiger partial charge on any atom is -0.319 e. The average molecular weight is 371 g/mol. The number of para-hydroxylation sites is 2. The number of anilines is 1. The molecular formula is C18H18N4OS2. The summed E-state index contributed by atoms with van der Waals surface area (Å²) < 4.78 is 2.17. The van der Waals surface area contributed by atoms with E-state index in [9.17, 15) is 4.79 Å². The zero-order valence-corrected chi connectivity index (χ0v) is 15.7. The molecule has 0 aliphatic heterocycles. The number of hydrogen-bond donors (Lipinski definition) is 1. The van der Waals surface area contributed by atoms with Gasteiger partial charge >= 0.3 is 0 Å². The maximum absolute atomic E-state index is 12.2. The van der Waals surface area contributed by atoms with Gasteiger partial charge in [0, 0.05) is 6.54 Å². The molecule has 5 nitrogen and oxygen atoms in total. The van der Waals surface area contributed by atoms with Gasteiger partial charge in [-0.15, -0.1) is 11.3 Å². The van der Waals surface area contributed by atoms with Crippen molar-refractivity contribution in [2.24, 2.45) is 5.92 Å². The summed E-state index contributed by atoms with van der Waals surface area (Å²) in [6, 6.07) is 11.8. The second kappa shape index (κ2) is 7.72. The van der Waals surface area contributed by atoms with E-state index in [4.69, 9.17) is 5.26 Å². The summed E-state index contributed by atoms with van der Waals surface area (Å²) in [6.07, 6.45) is 0. The average Bonchev–Trinajstić information content (AvgIpc) is 3.17. The number of fused-ring (bicyclic) bond motifs is 1. The molecule has 1 N–H and O–H groups in total. The first-order valence-electron chi connectivity index (χ1n) is 7.94. The Morgan fingerprint density at radius 1 is 1.40 bits per heavy atom. The molecule has 3 rings (SSSR count). The topological polar surface area (TPSA) is 70.7 Å². The Hall–Kier alpha value is -2.30. The van der Waals surface area contributed by atoms with Crippen molar-refractivity contribution in [3.63, 3.8) is 0 Å². The van der Waals surface area contributed by atoms with Crippen LogP contribution >= 0.6 is 23.1 Å². The van der Waals surface area contributed by atoms with E-state index in [0.29, 0.717) is 16.5 Å². The lowest BCUT2D eigenvalue weighted by Gasteiger charge is -2.11. The van der Waals surface area contributed by atoms with Crippen molar-refractivity contribution in [1.29, 1.82) is 5.26 Å². The van der Waals surface area contributed by atoms with E-state index >= 15 is 0 Å². The Labute approximate surface area is 154 Å². The second-order valence-corrected chi connectivity index (χ2v) is 7.86. The van der Waals surface area contributed by atoms with Gasteiger partial charge < -0.3 is 9.88 Å². The molecule has 0 aliphatic rings. The van der Waals surface area contributed by atoms with E-state index in [2.05, 4.69) is 40.9 Å². The number of carbonyl (C=O) groups excluding carboxylic acids is 1. The van der Waals surface area contributed by atoms with Crippen molar-refractivity contribution in [2.75, 3.05) is 11.1 Å². The number of nitrogens with one attached hydrogen (secondary N) is 1. The number of thioether (sulfide) groups is 1. The van der Waals surface area contributed by atoms with Gasteiger partial charge in [-0.25, -0.2) is 4.98 Å². The maximum Gasteiger partial charge on any atom is 0.235 e. The molecule has 0 saturated heterocycles. The van der Waals surface area contributed by atoms with Gasteiger partial charge in [0.1, 0.15) is 11.1 Å². The Bertz CT molecular complexity index is 936. The fourth-order valence-electron chi connectivity index (χ4n) is 2.49.